The van der Waals surface area contributed by atoms with Crippen LogP contribution in [0.25, 0.3) is 11.1 Å². The van der Waals surface area contributed by atoms with Crippen molar-refractivity contribution in [3.63, 3.8) is 0 Å². The third kappa shape index (κ3) is 9.36. The largest absolute Gasteiger partial charge is 0.491 e. The Morgan fingerprint density at radius 2 is 1.90 bits per heavy atom. The summed E-state index contributed by atoms with van der Waals surface area (Å²) in [6.45, 7) is 7.63. The first-order valence-corrected chi connectivity index (χ1v) is 17.2. The van der Waals surface area contributed by atoms with Crippen LogP contribution in [0.5, 0.6) is 5.75 Å². The van der Waals surface area contributed by atoms with Crippen molar-refractivity contribution < 1.29 is 37.8 Å². The second kappa shape index (κ2) is 15.4. The molecule has 3 heterocycles. The predicted molar refractivity (Wildman–Crippen MR) is 184 cm³/mol. The summed E-state index contributed by atoms with van der Waals surface area (Å²) in [7, 11) is 0. The molecule has 4 N–H and O–H groups in total. The molecular formula is C36H43FN4O7S. The smallest absolute Gasteiger partial charge is 0.407 e. The first-order valence-electron chi connectivity index (χ1n) is 16.4. The van der Waals surface area contributed by atoms with Crippen molar-refractivity contribution in [3.05, 3.63) is 69.7 Å². The lowest BCUT2D eigenvalue weighted by Crippen LogP contribution is -2.44. The Labute approximate surface area is 289 Å². The van der Waals surface area contributed by atoms with E-state index in [-0.39, 0.29) is 62.3 Å². The number of Topliss-reactive ketones (excluding diaryl/α,β-unsaturated/α-hetero) is 1. The van der Waals surface area contributed by atoms with Crippen molar-refractivity contribution in [2.75, 3.05) is 32.1 Å². The van der Waals surface area contributed by atoms with E-state index >= 15 is 0 Å². The molecule has 2 aliphatic heterocycles. The summed E-state index contributed by atoms with van der Waals surface area (Å²) >= 11 is 1.16. The quantitative estimate of drug-likeness (QED) is 0.241. The molecule has 3 amide bonds. The molecule has 13 heteroatoms. The van der Waals surface area contributed by atoms with Gasteiger partial charge in [0.15, 0.2) is 5.78 Å². The number of aryl methyl sites for hydroxylation is 1. The van der Waals surface area contributed by atoms with Gasteiger partial charge in [0.05, 0.1) is 23.6 Å². The molecule has 49 heavy (non-hydrogen) atoms. The van der Waals surface area contributed by atoms with E-state index in [9.17, 15) is 23.6 Å². The number of anilines is 1. The summed E-state index contributed by atoms with van der Waals surface area (Å²) < 4.78 is 32.2. The number of nitrogen functional groups attached to an aromatic ring is 1. The molecule has 1 saturated heterocycles. The molecule has 5 rings (SSSR count). The zero-order valence-electron chi connectivity index (χ0n) is 28.2. The lowest BCUT2D eigenvalue weighted by Gasteiger charge is -2.25. The highest BCUT2D eigenvalue weighted by Gasteiger charge is 2.37. The number of ketones is 1. The molecule has 0 saturated carbocycles. The van der Waals surface area contributed by atoms with Crippen LogP contribution in [0.2, 0.25) is 0 Å². The lowest BCUT2D eigenvalue weighted by molar-refractivity contribution is -0.132. The number of nitrogens with zero attached hydrogens (tertiary/aromatic N) is 1. The van der Waals surface area contributed by atoms with Crippen molar-refractivity contribution in [3.8, 4) is 16.9 Å². The van der Waals surface area contributed by atoms with Crippen molar-refractivity contribution in [2.24, 2.45) is 0 Å². The molecule has 4 bridgehead atoms. The van der Waals surface area contributed by atoms with Crippen LogP contribution >= 0.6 is 11.3 Å². The van der Waals surface area contributed by atoms with Gasteiger partial charge in [0, 0.05) is 36.9 Å². The number of rotatable bonds is 3. The van der Waals surface area contributed by atoms with Gasteiger partial charge >= 0.3 is 6.09 Å². The number of carbonyl (C=O) groups excluding carboxylic acids is 4. The molecular weight excluding hydrogens is 651 g/mol. The average Bonchev–Trinajstić information content (AvgIpc) is 3.67. The van der Waals surface area contributed by atoms with Gasteiger partial charge in [-0.3, -0.25) is 14.4 Å². The molecule has 2 aliphatic rings. The molecule has 3 aromatic rings. The van der Waals surface area contributed by atoms with Crippen molar-refractivity contribution in [1.82, 2.24) is 15.5 Å². The van der Waals surface area contributed by atoms with Crippen LogP contribution in [0.15, 0.2) is 47.8 Å². The van der Waals surface area contributed by atoms with Gasteiger partial charge in [-0.25, -0.2) is 9.18 Å². The number of fused-ring (bicyclic) bond motifs is 6. The third-order valence-electron chi connectivity index (χ3n) is 8.31. The minimum atomic E-state index is -1.03. The number of thiophene rings is 1. The van der Waals surface area contributed by atoms with E-state index in [1.165, 1.54) is 12.1 Å². The average molecular weight is 695 g/mol. The fraction of sp³-hybridized carbons (Fsp3) is 0.444. The second-order valence-corrected chi connectivity index (χ2v) is 14.3. The van der Waals surface area contributed by atoms with Crippen molar-refractivity contribution in [2.45, 2.75) is 77.1 Å². The fourth-order valence-corrected chi connectivity index (χ4v) is 6.83. The number of nitrogens with two attached hydrogens (primary N) is 1. The Balaban J connectivity index is 1.39. The van der Waals surface area contributed by atoms with Crippen molar-refractivity contribution in [1.29, 1.82) is 0 Å². The highest BCUT2D eigenvalue weighted by molar-refractivity contribution is 7.12. The topological polar surface area (TPSA) is 149 Å². The number of benzene rings is 2. The zero-order valence-corrected chi connectivity index (χ0v) is 29.0. The van der Waals surface area contributed by atoms with E-state index in [1.54, 1.807) is 68.3 Å². The maximum atomic E-state index is 14.9. The van der Waals surface area contributed by atoms with E-state index in [0.29, 0.717) is 52.1 Å². The number of amides is 3. The number of nitrogens with one attached hydrogen (secondary N) is 2. The summed E-state index contributed by atoms with van der Waals surface area (Å²) in [6.07, 6.45) is 1.12. The number of hydrogen-bond acceptors (Lipinski definition) is 9. The molecule has 1 fully saturated rings. The van der Waals surface area contributed by atoms with E-state index < -0.39 is 29.5 Å². The van der Waals surface area contributed by atoms with E-state index in [4.69, 9.17) is 19.9 Å². The SMILES string of the molecule is Cc1cccc(N)c1C(=O)[C@@H]1COCCCCC(=O)N2C[C@@H](NC(=O)OC(C)(C)C)C[C@H]2COc2cc(F)cc(c2)-c2csc(c2)C(=O)N1. The van der Waals surface area contributed by atoms with Crippen LogP contribution in [0, 0.1) is 12.7 Å². The Morgan fingerprint density at radius 3 is 2.65 bits per heavy atom. The molecule has 0 unspecified atom stereocenters. The molecule has 2 aromatic carbocycles. The van der Waals surface area contributed by atoms with Gasteiger partial charge in [0.25, 0.3) is 5.91 Å². The first kappa shape index (κ1) is 35.8. The Bertz CT molecular complexity index is 1680. The minimum absolute atomic E-state index is 0.0857. The highest BCUT2D eigenvalue weighted by atomic mass is 32.1. The Kier molecular flexibility index (Phi) is 11.2. The number of halogens is 1. The van der Waals surface area contributed by atoms with Crippen LogP contribution in [0.3, 0.4) is 0 Å². The first-order chi connectivity index (χ1) is 23.3. The second-order valence-electron chi connectivity index (χ2n) is 13.4. The van der Waals surface area contributed by atoms with Crippen LogP contribution in [0.4, 0.5) is 14.9 Å². The molecule has 1 aromatic heterocycles. The standard InChI is InChI=1S/C36H43FN4O7S/c1-21-8-7-9-28(38)32(21)33(43)29-19-46-11-6-5-10-31(42)41-17-25(39-35(45)48-36(2,3)4)16-26(41)18-47-27-13-22(12-24(37)15-27)23-14-30(49-20-23)34(44)40-29/h7-9,12-15,20,25-26,29H,5-6,10-11,16-19,38H2,1-4H3,(H,39,45)(H,40,44)/t25-,26-,29-/m0/s1. The molecule has 0 aliphatic carbocycles. The normalized spacial score (nSPS) is 20.8. The fourth-order valence-electron chi connectivity index (χ4n) is 6.01. The molecule has 11 nitrogen and oxygen atoms in total. The molecule has 0 radical (unpaired) electrons. The maximum Gasteiger partial charge on any atom is 0.407 e. The molecule has 262 valence electrons. The van der Waals surface area contributed by atoms with Crippen LogP contribution in [-0.2, 0) is 14.3 Å². The summed E-state index contributed by atoms with van der Waals surface area (Å²) in [5.41, 5.74) is 7.87. The Morgan fingerprint density at radius 1 is 1.10 bits per heavy atom. The molecule has 3 atom stereocenters. The van der Waals surface area contributed by atoms with Gasteiger partial charge < -0.3 is 35.5 Å². The number of alkyl carbamates (subject to hydrolysis) is 1. The van der Waals surface area contributed by atoms with Gasteiger partial charge in [-0.1, -0.05) is 12.1 Å². The van der Waals surface area contributed by atoms with Crippen LogP contribution < -0.4 is 21.1 Å². The van der Waals surface area contributed by atoms with Gasteiger partial charge in [0.2, 0.25) is 5.91 Å². The van der Waals surface area contributed by atoms with Gasteiger partial charge in [-0.2, -0.15) is 0 Å². The van der Waals surface area contributed by atoms with Crippen LogP contribution in [0.1, 0.15) is 72.0 Å². The van der Waals surface area contributed by atoms with Crippen LogP contribution in [-0.4, -0.2) is 78.7 Å². The van der Waals surface area contributed by atoms with E-state index in [1.807, 2.05) is 0 Å². The van der Waals surface area contributed by atoms with Crippen molar-refractivity contribution >= 4 is 40.7 Å². The van der Waals surface area contributed by atoms with E-state index in [0.717, 1.165) is 11.3 Å². The zero-order chi connectivity index (χ0) is 35.3. The monoisotopic (exact) mass is 694 g/mol. The summed E-state index contributed by atoms with van der Waals surface area (Å²) in [6, 6.07) is 9.32. The molecule has 0 spiro atoms. The Hall–Kier alpha value is -4.49. The lowest BCUT2D eigenvalue weighted by atomic mass is 9.98. The van der Waals surface area contributed by atoms with E-state index in [2.05, 4.69) is 10.6 Å². The number of hydrogen-bond donors (Lipinski definition) is 3. The van der Waals surface area contributed by atoms with Gasteiger partial charge in [-0.15, -0.1) is 11.3 Å². The number of ether oxygens (including phenoxy) is 3. The summed E-state index contributed by atoms with van der Waals surface area (Å²) in [4.78, 5) is 55.1. The maximum absolute atomic E-state index is 14.9. The minimum Gasteiger partial charge on any atom is -0.491 e. The number of carbonyl (C=O) groups is 4. The third-order valence-corrected chi connectivity index (χ3v) is 9.24. The summed E-state index contributed by atoms with van der Waals surface area (Å²) in [5, 5.41) is 7.40. The van der Waals surface area contributed by atoms with Gasteiger partial charge in [0.1, 0.15) is 29.8 Å². The highest BCUT2D eigenvalue weighted by Crippen LogP contribution is 2.31. The predicted octanol–water partition coefficient (Wildman–Crippen LogP) is 5.50. The van der Waals surface area contributed by atoms with Gasteiger partial charge in [-0.05, 0) is 93.3 Å². The summed E-state index contributed by atoms with van der Waals surface area (Å²) in [5.74, 6) is -1.24.